The Labute approximate surface area is 126 Å². The maximum atomic E-state index is 12.1. The van der Waals surface area contributed by atoms with Gasteiger partial charge in [-0.3, -0.25) is 4.79 Å². The number of hydrogen-bond acceptors (Lipinski definition) is 3. The van der Waals surface area contributed by atoms with E-state index in [-0.39, 0.29) is 16.6 Å². The standard InChI is InChI=1S/C16H23NO2S/c1-19-10-9-16(7-8-16)12-17-15(18)14(20)11-13-5-3-2-4-6-13/h2-6,14,20H,7-12H2,1H3,(H,17,18). The molecule has 1 aromatic carbocycles. The summed E-state index contributed by atoms with van der Waals surface area (Å²) < 4.78 is 5.12. The summed E-state index contributed by atoms with van der Waals surface area (Å²) in [6.45, 7) is 1.52. The van der Waals surface area contributed by atoms with Gasteiger partial charge in [-0.15, -0.1) is 0 Å². The van der Waals surface area contributed by atoms with Gasteiger partial charge < -0.3 is 10.1 Å². The highest BCUT2D eigenvalue weighted by atomic mass is 32.1. The molecule has 0 bridgehead atoms. The highest BCUT2D eigenvalue weighted by Crippen LogP contribution is 2.48. The summed E-state index contributed by atoms with van der Waals surface area (Å²) in [5, 5.41) is 2.76. The summed E-state index contributed by atoms with van der Waals surface area (Å²) in [4.78, 5) is 12.1. The van der Waals surface area contributed by atoms with Crippen molar-refractivity contribution in [1.29, 1.82) is 0 Å². The van der Waals surface area contributed by atoms with Crippen molar-refractivity contribution < 1.29 is 9.53 Å². The Hall–Kier alpha value is -1.00. The Balaban J connectivity index is 1.74. The quantitative estimate of drug-likeness (QED) is 0.723. The van der Waals surface area contributed by atoms with Crippen molar-refractivity contribution >= 4 is 18.5 Å². The zero-order valence-electron chi connectivity index (χ0n) is 12.0. The van der Waals surface area contributed by atoms with Crippen molar-refractivity contribution in [1.82, 2.24) is 5.32 Å². The van der Waals surface area contributed by atoms with E-state index in [4.69, 9.17) is 4.74 Å². The Morgan fingerprint density at radius 2 is 2.10 bits per heavy atom. The fraction of sp³-hybridized carbons (Fsp3) is 0.562. The van der Waals surface area contributed by atoms with Gasteiger partial charge in [0.15, 0.2) is 0 Å². The molecule has 0 heterocycles. The molecule has 1 N–H and O–H groups in total. The molecule has 110 valence electrons. The molecule has 1 fully saturated rings. The lowest BCUT2D eigenvalue weighted by Crippen LogP contribution is -2.37. The van der Waals surface area contributed by atoms with E-state index in [1.165, 1.54) is 12.8 Å². The number of nitrogens with one attached hydrogen (secondary N) is 1. The normalized spacial score (nSPS) is 17.5. The number of hydrogen-bond donors (Lipinski definition) is 2. The minimum Gasteiger partial charge on any atom is -0.385 e. The molecule has 1 atom stereocenters. The number of amides is 1. The number of methoxy groups -OCH3 is 1. The summed E-state index contributed by atoms with van der Waals surface area (Å²) in [5.74, 6) is 0.0286. The van der Waals surface area contributed by atoms with Crippen molar-refractivity contribution in [3.8, 4) is 0 Å². The fourth-order valence-corrected chi connectivity index (χ4v) is 2.64. The Bertz CT molecular complexity index is 431. The van der Waals surface area contributed by atoms with E-state index in [2.05, 4.69) is 17.9 Å². The molecule has 1 aromatic rings. The van der Waals surface area contributed by atoms with Crippen molar-refractivity contribution in [2.24, 2.45) is 5.41 Å². The van der Waals surface area contributed by atoms with Crippen LogP contribution in [0.5, 0.6) is 0 Å². The summed E-state index contributed by atoms with van der Waals surface area (Å²) in [6, 6.07) is 9.99. The van der Waals surface area contributed by atoms with Crippen molar-refractivity contribution in [3.05, 3.63) is 35.9 Å². The molecule has 1 unspecified atom stereocenters. The molecule has 1 saturated carbocycles. The Morgan fingerprint density at radius 3 is 2.70 bits per heavy atom. The molecular weight excluding hydrogens is 270 g/mol. The van der Waals surface area contributed by atoms with Crippen LogP contribution in [-0.4, -0.2) is 31.4 Å². The third-order valence-corrected chi connectivity index (χ3v) is 4.42. The predicted octanol–water partition coefficient (Wildman–Crippen LogP) is 2.46. The molecule has 0 radical (unpaired) electrons. The lowest BCUT2D eigenvalue weighted by molar-refractivity contribution is -0.120. The van der Waals surface area contributed by atoms with Gasteiger partial charge in [0.05, 0.1) is 5.25 Å². The minimum absolute atomic E-state index is 0.0286. The summed E-state index contributed by atoms with van der Waals surface area (Å²) in [5.41, 5.74) is 1.43. The smallest absolute Gasteiger partial charge is 0.233 e. The largest absolute Gasteiger partial charge is 0.385 e. The van der Waals surface area contributed by atoms with Gasteiger partial charge in [0, 0.05) is 20.3 Å². The van der Waals surface area contributed by atoms with Gasteiger partial charge in [0.25, 0.3) is 0 Å². The zero-order chi connectivity index (χ0) is 14.4. The molecule has 1 amide bonds. The van der Waals surface area contributed by atoms with Crippen LogP contribution in [0.3, 0.4) is 0 Å². The van der Waals surface area contributed by atoms with E-state index in [1.807, 2.05) is 30.3 Å². The highest BCUT2D eigenvalue weighted by molar-refractivity contribution is 7.81. The van der Waals surface area contributed by atoms with Crippen LogP contribution >= 0.6 is 12.6 Å². The van der Waals surface area contributed by atoms with Crippen LogP contribution in [0.1, 0.15) is 24.8 Å². The van der Waals surface area contributed by atoms with Crippen molar-refractivity contribution in [2.75, 3.05) is 20.3 Å². The summed E-state index contributed by atoms with van der Waals surface area (Å²) in [6.07, 6.45) is 4.07. The van der Waals surface area contributed by atoms with Gasteiger partial charge in [-0.2, -0.15) is 12.6 Å². The molecule has 3 nitrogen and oxygen atoms in total. The topological polar surface area (TPSA) is 38.3 Å². The SMILES string of the molecule is COCCC1(CNC(=O)C(S)Cc2ccccc2)CC1. The first-order valence-corrected chi connectivity index (χ1v) is 7.65. The highest BCUT2D eigenvalue weighted by Gasteiger charge is 2.42. The van der Waals surface area contributed by atoms with Crippen LogP contribution in [0.15, 0.2) is 30.3 Å². The molecule has 0 saturated heterocycles. The molecule has 0 aliphatic heterocycles. The molecule has 20 heavy (non-hydrogen) atoms. The molecule has 4 heteroatoms. The minimum atomic E-state index is -0.282. The fourth-order valence-electron chi connectivity index (χ4n) is 2.33. The molecule has 0 aromatic heterocycles. The second-order valence-electron chi connectivity index (χ2n) is 5.67. The second kappa shape index (κ2) is 7.14. The third kappa shape index (κ3) is 4.53. The lowest BCUT2D eigenvalue weighted by atomic mass is 10.0. The van der Waals surface area contributed by atoms with Gasteiger partial charge in [0.1, 0.15) is 0 Å². The van der Waals surface area contributed by atoms with Gasteiger partial charge in [-0.05, 0) is 36.7 Å². The monoisotopic (exact) mass is 293 g/mol. The number of rotatable bonds is 8. The Kier molecular flexibility index (Phi) is 5.49. The van der Waals surface area contributed by atoms with Crippen LogP contribution in [-0.2, 0) is 16.0 Å². The molecule has 0 spiro atoms. The lowest BCUT2D eigenvalue weighted by Gasteiger charge is -2.17. The van der Waals surface area contributed by atoms with Crippen molar-refractivity contribution in [3.63, 3.8) is 0 Å². The molecule has 2 rings (SSSR count). The average Bonchev–Trinajstić information content (AvgIpc) is 3.24. The van der Waals surface area contributed by atoms with Crippen LogP contribution < -0.4 is 5.32 Å². The van der Waals surface area contributed by atoms with Crippen molar-refractivity contribution in [2.45, 2.75) is 30.9 Å². The number of thiol groups is 1. The molecule has 1 aliphatic rings. The van der Waals surface area contributed by atoms with Gasteiger partial charge >= 0.3 is 0 Å². The van der Waals surface area contributed by atoms with E-state index < -0.39 is 0 Å². The number of benzene rings is 1. The predicted molar refractivity (Wildman–Crippen MR) is 84.1 cm³/mol. The van der Waals surface area contributed by atoms with E-state index in [1.54, 1.807) is 7.11 Å². The summed E-state index contributed by atoms with van der Waals surface area (Å²) >= 11 is 4.42. The average molecular weight is 293 g/mol. The van der Waals surface area contributed by atoms with Gasteiger partial charge in [-0.1, -0.05) is 30.3 Å². The van der Waals surface area contributed by atoms with E-state index in [9.17, 15) is 4.79 Å². The first kappa shape index (κ1) is 15.4. The van der Waals surface area contributed by atoms with Gasteiger partial charge in [0.2, 0.25) is 5.91 Å². The Morgan fingerprint density at radius 1 is 1.40 bits per heavy atom. The number of carbonyl (C=O) groups excluding carboxylic acids is 1. The number of ether oxygens (including phenoxy) is 1. The molecular formula is C16H23NO2S. The van der Waals surface area contributed by atoms with E-state index in [0.29, 0.717) is 6.42 Å². The summed E-state index contributed by atoms with van der Waals surface area (Å²) in [7, 11) is 1.72. The first-order chi connectivity index (χ1) is 9.65. The van der Waals surface area contributed by atoms with Crippen LogP contribution in [0, 0.1) is 5.41 Å². The van der Waals surface area contributed by atoms with Crippen LogP contribution in [0.2, 0.25) is 0 Å². The number of carbonyl (C=O) groups is 1. The van der Waals surface area contributed by atoms with E-state index in [0.717, 1.165) is 25.1 Å². The maximum absolute atomic E-state index is 12.1. The van der Waals surface area contributed by atoms with Crippen LogP contribution in [0.25, 0.3) is 0 Å². The van der Waals surface area contributed by atoms with E-state index >= 15 is 0 Å². The zero-order valence-corrected chi connectivity index (χ0v) is 12.9. The van der Waals surface area contributed by atoms with Crippen LogP contribution in [0.4, 0.5) is 0 Å². The second-order valence-corrected chi connectivity index (χ2v) is 6.29. The van der Waals surface area contributed by atoms with Gasteiger partial charge in [-0.25, -0.2) is 0 Å². The third-order valence-electron chi connectivity index (χ3n) is 4.01. The molecule has 1 aliphatic carbocycles. The maximum Gasteiger partial charge on any atom is 0.233 e. The first-order valence-electron chi connectivity index (χ1n) is 7.14.